The lowest BCUT2D eigenvalue weighted by molar-refractivity contribution is 0.481. The number of rotatable bonds is 3. The van der Waals surface area contributed by atoms with Gasteiger partial charge in [0.15, 0.2) is 0 Å². The van der Waals surface area contributed by atoms with E-state index in [0.29, 0.717) is 5.75 Å². The summed E-state index contributed by atoms with van der Waals surface area (Å²) in [4.78, 5) is 0. The first-order chi connectivity index (χ1) is 9.84. The summed E-state index contributed by atoms with van der Waals surface area (Å²) in [5.41, 5.74) is 1.95. The molecular weight excluding hydrogens is 250 g/mol. The minimum absolute atomic E-state index is 0.175. The van der Waals surface area contributed by atoms with Crippen LogP contribution >= 0.6 is 0 Å². The van der Waals surface area contributed by atoms with Crippen molar-refractivity contribution in [3.63, 3.8) is 0 Å². The van der Waals surface area contributed by atoms with Gasteiger partial charge >= 0.3 is 0 Å². The topological polar surface area (TPSA) is 9.23 Å². The van der Waals surface area contributed by atoms with Crippen LogP contribution in [-0.2, 0) is 0 Å². The fraction of sp³-hybridized carbons (Fsp3) is 0.200. The highest BCUT2D eigenvalue weighted by Crippen LogP contribution is 2.28. The molecule has 0 N–H and O–H groups in total. The van der Waals surface area contributed by atoms with Crippen LogP contribution in [0.3, 0.4) is 0 Å². The Bertz CT molecular complexity index is 653. The fourth-order valence-corrected chi connectivity index (χ4v) is 2.10. The van der Waals surface area contributed by atoms with E-state index < -0.39 is 0 Å². The zero-order chi connectivity index (χ0) is 15.7. The Labute approximate surface area is 132 Å². The largest absolute Gasteiger partial charge is 0.458 e. The van der Waals surface area contributed by atoms with Crippen LogP contribution in [0.5, 0.6) is 11.5 Å². The van der Waals surface area contributed by atoms with Crippen molar-refractivity contribution in [1.82, 2.24) is 0 Å². The third kappa shape index (κ3) is 2.95. The Morgan fingerprint density at radius 3 is 1.76 bits per heavy atom. The van der Waals surface area contributed by atoms with Gasteiger partial charge in [0, 0.05) is 0 Å². The van der Waals surface area contributed by atoms with Crippen LogP contribution in [-0.4, -0.2) is 39.2 Å². The summed E-state index contributed by atoms with van der Waals surface area (Å²) >= 11 is 0. The normalized spacial score (nSPS) is 10.8. The lowest BCUT2D eigenvalue weighted by Crippen LogP contribution is -2.54. The molecule has 0 aromatic heterocycles. The molecular formula is C15H11B5O. The molecule has 2 rings (SSSR count). The standard InChI is InChI=1S/C15H11B5O/c1-7(2)8-5-3-4-6-9(8)21-15-13(19)11(17)10(16)12(18)14(15)20/h3-7H,1-2H3. The summed E-state index contributed by atoms with van der Waals surface area (Å²) in [5, 5.41) is 0. The highest BCUT2D eigenvalue weighted by Gasteiger charge is 2.14. The molecule has 0 fully saturated rings. The molecule has 0 atom stereocenters. The van der Waals surface area contributed by atoms with E-state index in [0.717, 1.165) is 5.56 Å². The van der Waals surface area contributed by atoms with Gasteiger partial charge in [0.05, 0.1) is 0 Å². The van der Waals surface area contributed by atoms with Gasteiger partial charge in [-0.1, -0.05) is 43.0 Å². The second-order valence-electron chi connectivity index (χ2n) is 5.19. The molecule has 21 heavy (non-hydrogen) atoms. The lowest BCUT2D eigenvalue weighted by atomic mass is 9.62. The summed E-state index contributed by atoms with van der Waals surface area (Å²) in [6, 6.07) is 7.64. The smallest absolute Gasteiger partial charge is 0.130 e. The number of para-hydroxylation sites is 1. The van der Waals surface area contributed by atoms with E-state index in [4.69, 9.17) is 44.0 Å². The third-order valence-electron chi connectivity index (χ3n) is 3.40. The second-order valence-corrected chi connectivity index (χ2v) is 5.19. The van der Waals surface area contributed by atoms with Crippen molar-refractivity contribution in [2.75, 3.05) is 0 Å². The maximum atomic E-state index is 5.96. The van der Waals surface area contributed by atoms with Gasteiger partial charge in [-0.2, -0.15) is 0 Å². The van der Waals surface area contributed by atoms with Crippen molar-refractivity contribution >= 4 is 66.5 Å². The number of hydrogen-bond donors (Lipinski definition) is 0. The molecule has 0 aliphatic rings. The van der Waals surface area contributed by atoms with Gasteiger partial charge in [-0.05, 0) is 17.5 Å². The Morgan fingerprint density at radius 2 is 1.24 bits per heavy atom. The third-order valence-corrected chi connectivity index (χ3v) is 3.40. The summed E-state index contributed by atoms with van der Waals surface area (Å²) in [6.07, 6.45) is 0. The quantitative estimate of drug-likeness (QED) is 0.616. The van der Waals surface area contributed by atoms with Crippen LogP contribution in [0.4, 0.5) is 0 Å². The summed E-state index contributed by atoms with van der Waals surface area (Å²) in [5.74, 6) is 1.19. The first kappa shape index (κ1) is 15.9. The van der Waals surface area contributed by atoms with Crippen molar-refractivity contribution in [2.24, 2.45) is 0 Å². The van der Waals surface area contributed by atoms with E-state index in [2.05, 4.69) is 13.8 Å². The van der Waals surface area contributed by atoms with Crippen molar-refractivity contribution in [2.45, 2.75) is 19.8 Å². The Hall–Kier alpha value is -1.44. The first-order valence-electron chi connectivity index (χ1n) is 6.62. The average molecular weight is 261 g/mol. The van der Waals surface area contributed by atoms with Crippen molar-refractivity contribution in [3.05, 3.63) is 29.8 Å². The number of hydrogen-bond acceptors (Lipinski definition) is 1. The molecule has 0 heterocycles. The molecule has 0 amide bonds. The van der Waals surface area contributed by atoms with Crippen LogP contribution in [0.2, 0.25) is 0 Å². The van der Waals surface area contributed by atoms with E-state index in [9.17, 15) is 0 Å². The molecule has 92 valence electrons. The van der Waals surface area contributed by atoms with Crippen LogP contribution in [0, 0.1) is 0 Å². The minimum atomic E-state index is 0.175. The van der Waals surface area contributed by atoms with Crippen molar-refractivity contribution in [1.29, 1.82) is 0 Å². The Kier molecular flexibility index (Phi) is 4.65. The highest BCUT2D eigenvalue weighted by molar-refractivity contribution is 6.67. The van der Waals surface area contributed by atoms with Gasteiger partial charge in [0.1, 0.15) is 50.7 Å². The Balaban J connectivity index is 2.56. The van der Waals surface area contributed by atoms with E-state index in [1.165, 1.54) is 0 Å². The van der Waals surface area contributed by atoms with E-state index >= 15 is 0 Å². The predicted molar refractivity (Wildman–Crippen MR) is 94.0 cm³/mol. The zero-order valence-corrected chi connectivity index (χ0v) is 12.2. The molecule has 0 saturated heterocycles. The maximum absolute atomic E-state index is 5.96. The van der Waals surface area contributed by atoms with Crippen LogP contribution < -0.4 is 32.1 Å². The monoisotopic (exact) mass is 262 g/mol. The molecule has 0 bridgehead atoms. The maximum Gasteiger partial charge on any atom is 0.130 e. The molecule has 6 heteroatoms. The molecule has 0 saturated carbocycles. The molecule has 2 aromatic rings. The molecule has 0 spiro atoms. The second kappa shape index (κ2) is 6.13. The molecule has 1 nitrogen and oxygen atoms in total. The van der Waals surface area contributed by atoms with Gasteiger partial charge in [-0.15, -0.1) is 16.4 Å². The molecule has 10 radical (unpaired) electrons. The minimum Gasteiger partial charge on any atom is -0.458 e. The first-order valence-corrected chi connectivity index (χ1v) is 6.62. The van der Waals surface area contributed by atoms with Crippen LogP contribution in [0.15, 0.2) is 24.3 Å². The summed E-state index contributed by atoms with van der Waals surface area (Å²) in [6.45, 7) is 4.14. The molecule has 0 aliphatic heterocycles. The highest BCUT2D eigenvalue weighted by atomic mass is 16.5. The van der Waals surface area contributed by atoms with E-state index in [-0.39, 0.29) is 39.0 Å². The fourth-order valence-electron chi connectivity index (χ4n) is 2.10. The van der Waals surface area contributed by atoms with Gasteiger partial charge in [0.25, 0.3) is 0 Å². The van der Waals surface area contributed by atoms with Gasteiger partial charge < -0.3 is 4.74 Å². The molecule has 2 aromatic carbocycles. The van der Waals surface area contributed by atoms with E-state index in [1.54, 1.807) is 0 Å². The number of benzene rings is 2. The zero-order valence-electron chi connectivity index (χ0n) is 12.2. The van der Waals surface area contributed by atoms with Crippen molar-refractivity contribution < 1.29 is 4.74 Å². The van der Waals surface area contributed by atoms with Crippen LogP contribution in [0.1, 0.15) is 25.3 Å². The molecule has 0 aliphatic carbocycles. The Morgan fingerprint density at radius 1 is 0.762 bits per heavy atom. The van der Waals surface area contributed by atoms with Crippen molar-refractivity contribution in [3.8, 4) is 11.5 Å². The van der Waals surface area contributed by atoms with Gasteiger partial charge in [0.2, 0.25) is 0 Å². The SMILES string of the molecule is [B]c1c([B])c([B])c(Oc2ccccc2C(C)C)c([B])c1[B]. The average Bonchev–Trinajstić information content (AvgIpc) is 2.48. The number of ether oxygens (including phenoxy) is 1. The van der Waals surface area contributed by atoms with Gasteiger partial charge in [-0.25, -0.2) is 0 Å². The summed E-state index contributed by atoms with van der Waals surface area (Å²) in [7, 11) is 29.4. The predicted octanol–water partition coefficient (Wildman–Crippen LogP) is -1.43. The van der Waals surface area contributed by atoms with Gasteiger partial charge in [-0.3, -0.25) is 0 Å². The van der Waals surface area contributed by atoms with Crippen LogP contribution in [0.25, 0.3) is 0 Å². The molecule has 0 unspecified atom stereocenters. The summed E-state index contributed by atoms with van der Waals surface area (Å²) < 4.78 is 5.88. The lowest BCUT2D eigenvalue weighted by Gasteiger charge is -2.22. The van der Waals surface area contributed by atoms with E-state index in [1.807, 2.05) is 24.3 Å².